The number of nitrogens with one attached hydrogen (secondary N) is 1. The molecule has 1 aromatic rings. The van der Waals surface area contributed by atoms with Crippen LogP contribution in [0.3, 0.4) is 0 Å². The molecular weight excluding hydrogens is 164 g/mol. The number of likely N-dealkylation sites (N-methyl/N-ethyl adjacent to an activating group) is 1. The number of hydrogen-bond donors (Lipinski definition) is 2. The zero-order valence-corrected chi connectivity index (χ0v) is 7.87. The number of nitrogens with two attached hydrogens (primary N) is 1. The molecule has 0 bridgehead atoms. The van der Waals surface area contributed by atoms with Gasteiger partial charge in [-0.1, -0.05) is 29.8 Å². The number of hydrogen-bond acceptors (Lipinski definition) is 2. The highest BCUT2D eigenvalue weighted by Gasteiger charge is 2.13. The fourth-order valence-corrected chi connectivity index (χ4v) is 1.23. The van der Waals surface area contributed by atoms with Crippen molar-refractivity contribution in [3.63, 3.8) is 0 Å². The summed E-state index contributed by atoms with van der Waals surface area (Å²) in [6.45, 7) is 2.00. The van der Waals surface area contributed by atoms with Crippen molar-refractivity contribution in [3.05, 3.63) is 35.4 Å². The summed E-state index contributed by atoms with van der Waals surface area (Å²) in [5.41, 5.74) is 7.29. The lowest BCUT2D eigenvalue weighted by Gasteiger charge is -2.12. The monoisotopic (exact) mass is 178 g/mol. The first-order valence-electron chi connectivity index (χ1n) is 4.18. The fraction of sp³-hybridized carbons (Fsp3) is 0.300. The molecule has 0 saturated heterocycles. The van der Waals surface area contributed by atoms with E-state index in [0.717, 1.165) is 5.56 Å². The highest BCUT2D eigenvalue weighted by Crippen LogP contribution is 2.12. The molecule has 0 aliphatic rings. The van der Waals surface area contributed by atoms with Crippen LogP contribution in [0.2, 0.25) is 0 Å². The van der Waals surface area contributed by atoms with Crippen LogP contribution in [0.15, 0.2) is 24.3 Å². The Hall–Kier alpha value is -1.35. The van der Waals surface area contributed by atoms with Gasteiger partial charge in [0.2, 0.25) is 5.91 Å². The Balaban J connectivity index is 2.92. The van der Waals surface area contributed by atoms with Gasteiger partial charge in [0.1, 0.15) is 6.04 Å². The van der Waals surface area contributed by atoms with Crippen LogP contribution in [0.1, 0.15) is 17.2 Å². The lowest BCUT2D eigenvalue weighted by molar-refractivity contribution is -0.120. The van der Waals surface area contributed by atoms with Gasteiger partial charge in [0.15, 0.2) is 0 Å². The van der Waals surface area contributed by atoms with Crippen molar-refractivity contribution in [1.82, 2.24) is 5.32 Å². The Labute approximate surface area is 77.9 Å². The zero-order chi connectivity index (χ0) is 9.84. The summed E-state index contributed by atoms with van der Waals surface area (Å²) in [5, 5.41) is 2.86. The van der Waals surface area contributed by atoms with Crippen LogP contribution in [-0.2, 0) is 4.79 Å². The van der Waals surface area contributed by atoms with E-state index >= 15 is 0 Å². The average Bonchev–Trinajstić information content (AvgIpc) is 2.09. The lowest BCUT2D eigenvalue weighted by Crippen LogP contribution is -2.31. The van der Waals surface area contributed by atoms with E-state index in [1.54, 1.807) is 7.05 Å². The molecule has 0 unspecified atom stereocenters. The fourth-order valence-electron chi connectivity index (χ4n) is 1.23. The SMILES string of the molecule is CN[C@@H](C(N)=O)c1ccc(C)cc1. The molecule has 0 spiro atoms. The second-order valence-electron chi connectivity index (χ2n) is 3.03. The van der Waals surface area contributed by atoms with E-state index in [1.165, 1.54) is 5.56 Å². The largest absolute Gasteiger partial charge is 0.368 e. The first-order valence-corrected chi connectivity index (χ1v) is 4.18. The second-order valence-corrected chi connectivity index (χ2v) is 3.03. The minimum Gasteiger partial charge on any atom is -0.368 e. The van der Waals surface area contributed by atoms with Gasteiger partial charge in [-0.15, -0.1) is 0 Å². The molecule has 0 heterocycles. The molecule has 0 fully saturated rings. The Morgan fingerprint density at radius 1 is 1.38 bits per heavy atom. The van der Waals surface area contributed by atoms with Crippen molar-refractivity contribution in [2.75, 3.05) is 7.05 Å². The molecule has 70 valence electrons. The maximum atomic E-state index is 11.0. The van der Waals surface area contributed by atoms with Crippen molar-refractivity contribution in [1.29, 1.82) is 0 Å². The average molecular weight is 178 g/mol. The zero-order valence-electron chi connectivity index (χ0n) is 7.87. The number of aryl methyl sites for hydroxylation is 1. The molecule has 1 aromatic carbocycles. The van der Waals surface area contributed by atoms with Crippen molar-refractivity contribution in [3.8, 4) is 0 Å². The van der Waals surface area contributed by atoms with Crippen LogP contribution in [0.5, 0.6) is 0 Å². The van der Waals surface area contributed by atoms with E-state index in [-0.39, 0.29) is 11.9 Å². The first-order chi connectivity index (χ1) is 6.15. The third kappa shape index (κ3) is 2.29. The minimum atomic E-state index is -0.388. The van der Waals surface area contributed by atoms with E-state index in [1.807, 2.05) is 31.2 Å². The van der Waals surface area contributed by atoms with E-state index in [2.05, 4.69) is 5.32 Å². The summed E-state index contributed by atoms with van der Waals surface area (Å²) in [6, 6.07) is 7.34. The topological polar surface area (TPSA) is 55.1 Å². The standard InChI is InChI=1S/C10H14N2O/c1-7-3-5-8(6-4-7)9(12-2)10(11)13/h3-6,9,12H,1-2H3,(H2,11,13)/t9-/m1/s1. The molecular formula is C10H14N2O. The normalized spacial score (nSPS) is 12.5. The summed E-state index contributed by atoms with van der Waals surface area (Å²) < 4.78 is 0. The predicted octanol–water partition coefficient (Wildman–Crippen LogP) is 0.741. The molecule has 1 atom stereocenters. The van der Waals surface area contributed by atoms with Gasteiger partial charge < -0.3 is 11.1 Å². The van der Waals surface area contributed by atoms with Gasteiger partial charge in [-0.3, -0.25) is 4.79 Å². The number of amides is 1. The summed E-state index contributed by atoms with van der Waals surface area (Å²) >= 11 is 0. The van der Waals surface area contributed by atoms with Crippen molar-refractivity contribution in [2.24, 2.45) is 5.73 Å². The molecule has 0 aromatic heterocycles. The molecule has 3 heteroatoms. The smallest absolute Gasteiger partial charge is 0.239 e. The second kappa shape index (κ2) is 4.05. The van der Waals surface area contributed by atoms with Crippen molar-refractivity contribution in [2.45, 2.75) is 13.0 Å². The minimum absolute atomic E-state index is 0.355. The Morgan fingerprint density at radius 2 is 1.92 bits per heavy atom. The van der Waals surface area contributed by atoms with Gasteiger partial charge in [-0.2, -0.15) is 0 Å². The Kier molecular flexibility index (Phi) is 3.03. The van der Waals surface area contributed by atoms with Gasteiger partial charge in [-0.25, -0.2) is 0 Å². The van der Waals surface area contributed by atoms with Gasteiger partial charge in [0, 0.05) is 0 Å². The highest BCUT2D eigenvalue weighted by molar-refractivity contribution is 5.81. The summed E-state index contributed by atoms with van der Waals surface area (Å²) in [4.78, 5) is 11.0. The number of carbonyl (C=O) groups excluding carboxylic acids is 1. The van der Waals surface area contributed by atoms with Crippen molar-refractivity contribution < 1.29 is 4.79 Å². The number of carbonyl (C=O) groups is 1. The molecule has 0 aliphatic carbocycles. The third-order valence-electron chi connectivity index (χ3n) is 1.98. The van der Waals surface area contributed by atoms with E-state index < -0.39 is 0 Å². The van der Waals surface area contributed by atoms with Crippen LogP contribution in [-0.4, -0.2) is 13.0 Å². The molecule has 1 rings (SSSR count). The van der Waals surface area contributed by atoms with Crippen LogP contribution < -0.4 is 11.1 Å². The number of primary amides is 1. The van der Waals surface area contributed by atoms with E-state index in [0.29, 0.717) is 0 Å². The lowest BCUT2D eigenvalue weighted by atomic mass is 10.1. The van der Waals surface area contributed by atoms with E-state index in [4.69, 9.17) is 5.73 Å². The van der Waals surface area contributed by atoms with Gasteiger partial charge in [0.05, 0.1) is 0 Å². The van der Waals surface area contributed by atoms with Crippen LogP contribution in [0, 0.1) is 6.92 Å². The van der Waals surface area contributed by atoms with Crippen molar-refractivity contribution >= 4 is 5.91 Å². The molecule has 0 saturated carbocycles. The Bertz CT molecular complexity index is 292. The van der Waals surface area contributed by atoms with E-state index in [9.17, 15) is 4.79 Å². The molecule has 0 radical (unpaired) electrons. The highest BCUT2D eigenvalue weighted by atomic mass is 16.1. The predicted molar refractivity (Wildman–Crippen MR) is 52.2 cm³/mol. The summed E-state index contributed by atoms with van der Waals surface area (Å²) in [6.07, 6.45) is 0. The molecule has 13 heavy (non-hydrogen) atoms. The molecule has 1 amide bonds. The van der Waals surface area contributed by atoms with Crippen LogP contribution in [0.4, 0.5) is 0 Å². The van der Waals surface area contributed by atoms with Gasteiger partial charge >= 0.3 is 0 Å². The molecule has 0 aliphatic heterocycles. The maximum Gasteiger partial charge on any atom is 0.239 e. The first kappa shape index (κ1) is 9.74. The number of rotatable bonds is 3. The van der Waals surface area contributed by atoms with Gasteiger partial charge in [0.25, 0.3) is 0 Å². The number of benzene rings is 1. The van der Waals surface area contributed by atoms with Crippen LogP contribution >= 0.6 is 0 Å². The van der Waals surface area contributed by atoms with Gasteiger partial charge in [-0.05, 0) is 19.5 Å². The Morgan fingerprint density at radius 3 is 2.31 bits per heavy atom. The third-order valence-corrected chi connectivity index (χ3v) is 1.98. The molecule has 3 N–H and O–H groups in total. The maximum absolute atomic E-state index is 11.0. The quantitative estimate of drug-likeness (QED) is 0.717. The van der Waals surface area contributed by atoms with Crippen LogP contribution in [0.25, 0.3) is 0 Å². The summed E-state index contributed by atoms with van der Waals surface area (Å²) in [7, 11) is 1.72. The summed E-state index contributed by atoms with van der Waals surface area (Å²) in [5.74, 6) is -0.355. The molecule has 3 nitrogen and oxygen atoms in total.